The molecule has 0 aliphatic carbocycles. The predicted molar refractivity (Wildman–Crippen MR) is 151 cm³/mol. The third-order valence-corrected chi connectivity index (χ3v) is 7.06. The Bertz CT molecular complexity index is 1730. The number of ether oxygens (including phenoxy) is 3. The number of alkyl halides is 4. The largest absolute Gasteiger partial charge is 0.474 e. The second-order valence-electron chi connectivity index (χ2n) is 11.2. The van der Waals surface area contributed by atoms with Crippen molar-refractivity contribution in [2.45, 2.75) is 51.7 Å². The minimum absolute atomic E-state index is 0.00146. The van der Waals surface area contributed by atoms with Crippen molar-refractivity contribution in [1.29, 1.82) is 0 Å². The Labute approximate surface area is 249 Å². The van der Waals surface area contributed by atoms with E-state index < -0.39 is 30.4 Å². The van der Waals surface area contributed by atoms with Crippen molar-refractivity contribution in [2.75, 3.05) is 13.2 Å². The third kappa shape index (κ3) is 5.86. The summed E-state index contributed by atoms with van der Waals surface area (Å²) in [5.41, 5.74) is 0.205. The fourth-order valence-corrected chi connectivity index (χ4v) is 5.27. The molecule has 0 saturated carbocycles. The highest BCUT2D eigenvalue weighted by Crippen LogP contribution is 2.50. The molecule has 1 aromatic carbocycles. The lowest BCUT2D eigenvalue weighted by Gasteiger charge is -2.27. The van der Waals surface area contributed by atoms with Crippen LogP contribution in [0.2, 0.25) is 0 Å². The van der Waals surface area contributed by atoms with E-state index in [1.165, 1.54) is 15.6 Å². The average Bonchev–Trinajstić information content (AvgIpc) is 3.64. The van der Waals surface area contributed by atoms with Crippen LogP contribution in [0.5, 0.6) is 11.8 Å². The number of hydrogen-bond acceptors (Lipinski definition) is 7. The number of rotatable bonds is 10. The number of pyridine rings is 1. The van der Waals surface area contributed by atoms with Crippen molar-refractivity contribution < 1.29 is 36.9 Å². The zero-order chi connectivity index (χ0) is 31.2. The van der Waals surface area contributed by atoms with Gasteiger partial charge in [-0.1, -0.05) is 30.3 Å². The summed E-state index contributed by atoms with van der Waals surface area (Å²) in [5, 5.41) is 18.3. The molecule has 0 bridgehead atoms. The van der Waals surface area contributed by atoms with Gasteiger partial charge in [0.15, 0.2) is 0 Å². The molecule has 14 heteroatoms. The standard InChI is InChI=1S/C30H30F4N6O4/c1-30(2,41)16-43-18-13-40-28(42-15-18)22(24(36-40)25(31)32)23-21(20-14-38(3)37-27(20)44-29(33)34)19-10-7-11-39(26(19)35-23)12-17-8-5-4-6-9-17/h4-11,14,18,25,29,41H,12-13,15-16H2,1-3H3/t18-/m0/s1. The van der Waals surface area contributed by atoms with E-state index in [2.05, 4.69) is 10.2 Å². The monoisotopic (exact) mass is 614 g/mol. The lowest BCUT2D eigenvalue weighted by molar-refractivity contribution is -0.0786. The maximum atomic E-state index is 14.6. The molecule has 5 heterocycles. The lowest BCUT2D eigenvalue weighted by Crippen LogP contribution is -2.37. The van der Waals surface area contributed by atoms with Crippen LogP contribution in [0.3, 0.4) is 0 Å². The summed E-state index contributed by atoms with van der Waals surface area (Å²) in [6.45, 7) is 0.506. The summed E-state index contributed by atoms with van der Waals surface area (Å²) in [4.78, 5) is 4.85. The average molecular weight is 615 g/mol. The summed E-state index contributed by atoms with van der Waals surface area (Å²) >= 11 is 0. The fraction of sp³-hybridized carbons (Fsp3) is 0.367. The smallest absolute Gasteiger partial charge is 0.388 e. The molecule has 0 fully saturated rings. The van der Waals surface area contributed by atoms with Gasteiger partial charge in [-0.15, -0.1) is 5.10 Å². The SMILES string of the molecule is Cn1cc(-c2c3cccn(Cc4ccccc4)c-3nc2-c2c(C(F)F)nn3c2OC[C@@H](OCC(C)(C)O)C3)c(OC(F)F)n1. The van der Waals surface area contributed by atoms with Gasteiger partial charge in [-0.05, 0) is 31.5 Å². The van der Waals surface area contributed by atoms with Gasteiger partial charge in [-0.25, -0.2) is 18.4 Å². The van der Waals surface area contributed by atoms with E-state index in [1.807, 2.05) is 34.9 Å². The van der Waals surface area contributed by atoms with Crippen LogP contribution < -0.4 is 9.47 Å². The molecule has 1 N–H and O–H groups in total. The van der Waals surface area contributed by atoms with Gasteiger partial charge in [0, 0.05) is 37.1 Å². The number of fused-ring (bicyclic) bond motifs is 2. The summed E-state index contributed by atoms with van der Waals surface area (Å²) in [6.07, 6.45) is -0.294. The summed E-state index contributed by atoms with van der Waals surface area (Å²) in [5.74, 6) is 0.0926. The van der Waals surface area contributed by atoms with Crippen molar-refractivity contribution in [1.82, 2.24) is 29.1 Å². The minimum Gasteiger partial charge on any atom is -0.474 e. The molecule has 10 nitrogen and oxygen atoms in total. The Morgan fingerprint density at radius 3 is 2.52 bits per heavy atom. The van der Waals surface area contributed by atoms with Gasteiger partial charge in [0.25, 0.3) is 6.43 Å². The Kier molecular flexibility index (Phi) is 7.80. The number of nitrogens with zero attached hydrogens (tertiary/aromatic N) is 6. The van der Waals surface area contributed by atoms with E-state index in [0.717, 1.165) is 5.56 Å². The molecule has 0 saturated heterocycles. The number of aromatic nitrogens is 6. The topological polar surface area (TPSA) is 101 Å². The Hall–Kier alpha value is -4.43. The molecule has 1 atom stereocenters. The second-order valence-corrected chi connectivity index (χ2v) is 11.2. The molecule has 0 spiro atoms. The highest BCUT2D eigenvalue weighted by molar-refractivity contribution is 5.97. The summed E-state index contributed by atoms with van der Waals surface area (Å²) in [6, 6.07) is 13.1. The lowest BCUT2D eigenvalue weighted by atomic mass is 9.98. The molecular formula is C30H30F4N6O4. The number of halogens is 4. The van der Waals surface area contributed by atoms with Gasteiger partial charge in [0.2, 0.25) is 11.8 Å². The number of aliphatic hydroxyl groups is 1. The van der Waals surface area contributed by atoms with Crippen LogP contribution in [-0.2, 0) is 24.9 Å². The van der Waals surface area contributed by atoms with Gasteiger partial charge in [-0.3, -0.25) is 4.68 Å². The third-order valence-electron chi connectivity index (χ3n) is 7.06. The van der Waals surface area contributed by atoms with Crippen LogP contribution in [0.4, 0.5) is 17.6 Å². The van der Waals surface area contributed by atoms with Gasteiger partial charge >= 0.3 is 6.61 Å². The van der Waals surface area contributed by atoms with Crippen LogP contribution in [0.15, 0.2) is 54.9 Å². The van der Waals surface area contributed by atoms with E-state index in [4.69, 9.17) is 19.2 Å². The zero-order valence-electron chi connectivity index (χ0n) is 24.1. The van der Waals surface area contributed by atoms with Gasteiger partial charge in [-0.2, -0.15) is 13.9 Å². The van der Waals surface area contributed by atoms with E-state index in [0.29, 0.717) is 17.9 Å². The minimum atomic E-state index is -3.17. The highest BCUT2D eigenvalue weighted by atomic mass is 19.3. The van der Waals surface area contributed by atoms with Crippen molar-refractivity contribution in [3.8, 4) is 45.5 Å². The molecule has 0 radical (unpaired) electrons. The zero-order valence-corrected chi connectivity index (χ0v) is 24.1. The van der Waals surface area contributed by atoms with Gasteiger partial charge in [0.1, 0.15) is 24.2 Å². The predicted octanol–water partition coefficient (Wildman–Crippen LogP) is 5.39. The first kappa shape index (κ1) is 29.6. The van der Waals surface area contributed by atoms with E-state index in [-0.39, 0.29) is 53.9 Å². The van der Waals surface area contributed by atoms with Crippen molar-refractivity contribution >= 4 is 0 Å². The van der Waals surface area contributed by atoms with Crippen LogP contribution >= 0.6 is 0 Å². The summed E-state index contributed by atoms with van der Waals surface area (Å²) in [7, 11) is 1.54. The molecule has 3 aromatic rings. The Morgan fingerprint density at radius 1 is 1.05 bits per heavy atom. The normalized spacial score (nSPS) is 15.3. The molecule has 2 aromatic heterocycles. The molecule has 3 aliphatic rings. The van der Waals surface area contributed by atoms with Crippen LogP contribution in [0.25, 0.3) is 33.8 Å². The van der Waals surface area contributed by atoms with Crippen LogP contribution in [0.1, 0.15) is 31.5 Å². The number of aryl methyl sites for hydroxylation is 1. The van der Waals surface area contributed by atoms with Crippen molar-refractivity contribution in [3.63, 3.8) is 0 Å². The quantitative estimate of drug-likeness (QED) is 0.211. The Balaban J connectivity index is 1.54. The second kappa shape index (κ2) is 11.6. The molecule has 44 heavy (non-hydrogen) atoms. The first-order valence-corrected chi connectivity index (χ1v) is 13.9. The van der Waals surface area contributed by atoms with Crippen LogP contribution in [-0.4, -0.2) is 65.7 Å². The summed E-state index contributed by atoms with van der Waals surface area (Å²) < 4.78 is 77.1. The van der Waals surface area contributed by atoms with E-state index >= 15 is 0 Å². The van der Waals surface area contributed by atoms with E-state index in [9.17, 15) is 22.7 Å². The molecule has 0 unspecified atom stereocenters. The van der Waals surface area contributed by atoms with Crippen LogP contribution in [0, 0.1) is 0 Å². The number of benzene rings is 1. The number of hydrogen-bond donors (Lipinski definition) is 1. The first-order chi connectivity index (χ1) is 21.0. The molecule has 6 rings (SSSR count). The maximum Gasteiger partial charge on any atom is 0.388 e. The van der Waals surface area contributed by atoms with Gasteiger partial charge < -0.3 is 23.9 Å². The Morgan fingerprint density at radius 2 is 1.82 bits per heavy atom. The molecular weight excluding hydrogens is 584 g/mol. The van der Waals surface area contributed by atoms with Crippen molar-refractivity contribution in [3.05, 3.63) is 66.1 Å². The molecule has 0 amide bonds. The van der Waals surface area contributed by atoms with E-state index in [1.54, 1.807) is 39.2 Å². The highest BCUT2D eigenvalue weighted by Gasteiger charge is 2.37. The maximum absolute atomic E-state index is 14.6. The fourth-order valence-electron chi connectivity index (χ4n) is 5.27. The van der Waals surface area contributed by atoms with Crippen molar-refractivity contribution in [2.24, 2.45) is 7.05 Å². The first-order valence-electron chi connectivity index (χ1n) is 13.9. The molecule has 3 aliphatic heterocycles. The van der Waals surface area contributed by atoms with Gasteiger partial charge in [0.05, 0.1) is 35.6 Å². The molecule has 232 valence electrons.